The number of nitrogens with zero attached hydrogens (tertiary/aromatic N) is 1. The molecule has 1 fully saturated rings. The fraction of sp³-hybridized carbons (Fsp3) is 0.875. The van der Waals surface area contributed by atoms with E-state index in [1.54, 1.807) is 0 Å². The van der Waals surface area contributed by atoms with Crippen molar-refractivity contribution in [3.63, 3.8) is 0 Å². The number of rotatable bonds is 9. The number of likely N-dealkylation sites (tertiary alicyclic amines) is 1. The zero-order valence-corrected chi connectivity index (χ0v) is 13.7. The predicted molar refractivity (Wildman–Crippen MR) is 88.7 cm³/mol. The van der Waals surface area contributed by atoms with Gasteiger partial charge >= 0.3 is 0 Å². The molecule has 0 aromatic carbocycles. The summed E-state index contributed by atoms with van der Waals surface area (Å²) in [7, 11) is 0. The van der Waals surface area contributed by atoms with Crippen molar-refractivity contribution in [1.29, 1.82) is 0 Å². The molecule has 116 valence electrons. The third-order valence-electron chi connectivity index (χ3n) is 4.20. The number of unbranched alkanes of at least 4 members (excludes halogenated alkanes) is 5. The molecule has 1 heterocycles. The maximum atomic E-state index is 12.0. The average Bonchev–Trinajstić information content (AvgIpc) is 2.42. The van der Waals surface area contributed by atoms with Crippen molar-refractivity contribution < 1.29 is 4.79 Å². The van der Waals surface area contributed by atoms with Crippen molar-refractivity contribution in [1.82, 2.24) is 4.90 Å². The molecule has 1 aliphatic heterocycles. The molecule has 0 radical (unpaired) electrons. The first-order chi connectivity index (χ1) is 9.59. The average molecular weight is 298 g/mol. The highest BCUT2D eigenvalue weighted by molar-refractivity contribution is 7.80. The van der Waals surface area contributed by atoms with Crippen LogP contribution in [-0.2, 0) is 4.79 Å². The SMILES string of the molecule is CC1CCN(C(=O)CCCCCCCCC(N)=S)CC1. The van der Waals surface area contributed by atoms with Crippen molar-refractivity contribution >= 4 is 23.1 Å². The van der Waals surface area contributed by atoms with Crippen molar-refractivity contribution in [2.45, 2.75) is 71.1 Å². The molecule has 0 unspecified atom stereocenters. The molecular formula is C16H30N2OS. The summed E-state index contributed by atoms with van der Waals surface area (Å²) in [5.74, 6) is 1.16. The van der Waals surface area contributed by atoms with Gasteiger partial charge in [-0.05, 0) is 38.0 Å². The number of piperidine rings is 1. The molecule has 1 aliphatic rings. The van der Waals surface area contributed by atoms with E-state index in [4.69, 9.17) is 18.0 Å². The molecule has 1 amide bonds. The van der Waals surface area contributed by atoms with Crippen LogP contribution in [0, 0.1) is 5.92 Å². The highest BCUT2D eigenvalue weighted by atomic mass is 32.1. The van der Waals surface area contributed by atoms with Crippen molar-refractivity contribution in [2.75, 3.05) is 13.1 Å². The molecule has 0 atom stereocenters. The Kier molecular flexibility index (Phi) is 8.83. The first kappa shape index (κ1) is 17.4. The molecule has 2 N–H and O–H groups in total. The van der Waals surface area contributed by atoms with E-state index in [2.05, 4.69) is 11.8 Å². The van der Waals surface area contributed by atoms with Crippen molar-refractivity contribution in [2.24, 2.45) is 11.7 Å². The Morgan fingerprint density at radius 1 is 1.05 bits per heavy atom. The van der Waals surface area contributed by atoms with Crippen LogP contribution in [0.1, 0.15) is 71.1 Å². The van der Waals surface area contributed by atoms with Crippen LogP contribution in [0.25, 0.3) is 0 Å². The van der Waals surface area contributed by atoms with Crippen LogP contribution < -0.4 is 5.73 Å². The molecule has 4 heteroatoms. The lowest BCUT2D eigenvalue weighted by atomic mass is 9.99. The van der Waals surface area contributed by atoms with E-state index in [1.165, 1.54) is 38.5 Å². The van der Waals surface area contributed by atoms with Crippen LogP contribution in [0.5, 0.6) is 0 Å². The molecule has 0 aromatic rings. The molecule has 3 nitrogen and oxygen atoms in total. The van der Waals surface area contributed by atoms with Crippen LogP contribution >= 0.6 is 12.2 Å². The lowest BCUT2D eigenvalue weighted by Crippen LogP contribution is -2.37. The molecule has 0 aromatic heterocycles. The predicted octanol–water partition coefficient (Wildman–Crippen LogP) is 3.65. The minimum Gasteiger partial charge on any atom is -0.393 e. The van der Waals surface area contributed by atoms with Gasteiger partial charge in [-0.2, -0.15) is 0 Å². The number of carbonyl (C=O) groups excluding carboxylic acids is 1. The van der Waals surface area contributed by atoms with Gasteiger partial charge in [-0.15, -0.1) is 0 Å². The second-order valence-electron chi connectivity index (χ2n) is 6.15. The smallest absolute Gasteiger partial charge is 0.222 e. The van der Waals surface area contributed by atoms with Gasteiger partial charge in [0.05, 0.1) is 4.99 Å². The van der Waals surface area contributed by atoms with Gasteiger partial charge in [-0.25, -0.2) is 0 Å². The Labute approximate surface area is 129 Å². The summed E-state index contributed by atoms with van der Waals surface area (Å²) in [6.45, 7) is 4.22. The van der Waals surface area contributed by atoms with E-state index in [0.29, 0.717) is 10.9 Å². The molecule has 1 saturated heterocycles. The van der Waals surface area contributed by atoms with Gasteiger partial charge in [0.2, 0.25) is 5.91 Å². The fourth-order valence-electron chi connectivity index (χ4n) is 2.70. The number of hydrogen-bond donors (Lipinski definition) is 1. The zero-order chi connectivity index (χ0) is 14.8. The summed E-state index contributed by atoms with van der Waals surface area (Å²) < 4.78 is 0. The minimum absolute atomic E-state index is 0.366. The third-order valence-corrected chi connectivity index (χ3v) is 4.40. The summed E-state index contributed by atoms with van der Waals surface area (Å²) in [5.41, 5.74) is 5.46. The summed E-state index contributed by atoms with van der Waals surface area (Å²) in [4.78, 5) is 14.7. The standard InChI is InChI=1S/C16H30N2OS/c1-14-10-12-18(13-11-14)16(19)9-7-5-3-2-4-6-8-15(17)20/h14H,2-13H2,1H3,(H2,17,20). The topological polar surface area (TPSA) is 46.3 Å². The van der Waals surface area contributed by atoms with Crippen molar-refractivity contribution in [3.05, 3.63) is 0 Å². The van der Waals surface area contributed by atoms with Gasteiger partial charge < -0.3 is 10.6 Å². The third kappa shape index (κ3) is 7.83. The molecule has 1 rings (SSSR count). The van der Waals surface area contributed by atoms with E-state index >= 15 is 0 Å². The Balaban J connectivity index is 1.93. The van der Waals surface area contributed by atoms with Gasteiger partial charge in [0.25, 0.3) is 0 Å². The first-order valence-electron chi connectivity index (χ1n) is 8.15. The number of nitrogens with two attached hydrogens (primary N) is 1. The van der Waals surface area contributed by atoms with E-state index in [-0.39, 0.29) is 0 Å². The summed E-state index contributed by atoms with van der Waals surface area (Å²) in [6.07, 6.45) is 10.9. The van der Waals surface area contributed by atoms with Gasteiger partial charge in [0, 0.05) is 19.5 Å². The number of amides is 1. The van der Waals surface area contributed by atoms with Gasteiger partial charge in [0.1, 0.15) is 0 Å². The molecule has 0 aliphatic carbocycles. The summed E-state index contributed by atoms with van der Waals surface area (Å²) in [5, 5.41) is 0. The lowest BCUT2D eigenvalue weighted by Gasteiger charge is -2.30. The maximum Gasteiger partial charge on any atom is 0.222 e. The van der Waals surface area contributed by atoms with Crippen LogP contribution in [0.15, 0.2) is 0 Å². The number of carbonyl (C=O) groups is 1. The van der Waals surface area contributed by atoms with Crippen molar-refractivity contribution in [3.8, 4) is 0 Å². The molecule has 0 saturated carbocycles. The second kappa shape index (κ2) is 10.1. The Morgan fingerprint density at radius 2 is 1.55 bits per heavy atom. The number of hydrogen-bond acceptors (Lipinski definition) is 2. The Morgan fingerprint density at radius 3 is 2.10 bits per heavy atom. The minimum atomic E-state index is 0.366. The molecule has 20 heavy (non-hydrogen) atoms. The molecule has 0 bridgehead atoms. The number of thiocarbonyl (C=S) groups is 1. The van der Waals surface area contributed by atoms with Gasteiger partial charge in [0.15, 0.2) is 0 Å². The fourth-order valence-corrected chi connectivity index (χ4v) is 2.84. The van der Waals surface area contributed by atoms with Crippen LogP contribution in [0.4, 0.5) is 0 Å². The van der Waals surface area contributed by atoms with E-state index in [0.717, 1.165) is 44.7 Å². The van der Waals surface area contributed by atoms with E-state index < -0.39 is 0 Å². The van der Waals surface area contributed by atoms with Gasteiger partial charge in [-0.3, -0.25) is 4.79 Å². The van der Waals surface area contributed by atoms with Crippen LogP contribution in [0.3, 0.4) is 0 Å². The van der Waals surface area contributed by atoms with Crippen LogP contribution in [0.2, 0.25) is 0 Å². The maximum absolute atomic E-state index is 12.0. The highest BCUT2D eigenvalue weighted by Crippen LogP contribution is 2.17. The quantitative estimate of drug-likeness (QED) is 0.522. The largest absolute Gasteiger partial charge is 0.393 e. The zero-order valence-electron chi connectivity index (χ0n) is 12.9. The van der Waals surface area contributed by atoms with Crippen LogP contribution in [-0.4, -0.2) is 28.9 Å². The summed E-state index contributed by atoms with van der Waals surface area (Å²) >= 11 is 4.85. The highest BCUT2D eigenvalue weighted by Gasteiger charge is 2.19. The first-order valence-corrected chi connectivity index (χ1v) is 8.56. The summed E-state index contributed by atoms with van der Waals surface area (Å²) in [6, 6.07) is 0. The second-order valence-corrected chi connectivity index (χ2v) is 6.68. The lowest BCUT2D eigenvalue weighted by molar-refractivity contribution is -0.132. The normalized spacial score (nSPS) is 16.4. The van der Waals surface area contributed by atoms with E-state index in [1.807, 2.05) is 0 Å². The monoisotopic (exact) mass is 298 g/mol. The Hall–Kier alpha value is -0.640. The molecule has 0 spiro atoms. The van der Waals surface area contributed by atoms with Gasteiger partial charge in [-0.1, -0.05) is 44.8 Å². The molecular weight excluding hydrogens is 268 g/mol. The Bertz CT molecular complexity index is 299. The van der Waals surface area contributed by atoms with E-state index in [9.17, 15) is 4.79 Å².